The number of hydrogen-bond donors (Lipinski definition) is 1. The highest BCUT2D eigenvalue weighted by Crippen LogP contribution is 2.16. The van der Waals surface area contributed by atoms with Crippen molar-refractivity contribution in [2.75, 3.05) is 11.9 Å². The summed E-state index contributed by atoms with van der Waals surface area (Å²) in [5, 5.41) is 7.48. The highest BCUT2D eigenvalue weighted by molar-refractivity contribution is 5.89. The number of aryl methyl sites for hydroxylation is 2. The van der Waals surface area contributed by atoms with Crippen LogP contribution < -0.4 is 5.32 Å². The second-order valence-corrected chi connectivity index (χ2v) is 5.11. The molecule has 0 bridgehead atoms. The highest BCUT2D eigenvalue weighted by Gasteiger charge is 2.09. The van der Waals surface area contributed by atoms with E-state index < -0.39 is 0 Å². The second kappa shape index (κ2) is 6.04. The molecule has 2 aromatic heterocycles. The summed E-state index contributed by atoms with van der Waals surface area (Å²) < 4.78 is 6.64. The van der Waals surface area contributed by atoms with Gasteiger partial charge in [-0.05, 0) is 51.1 Å². The predicted molar refractivity (Wildman–Crippen MR) is 85.9 cm³/mol. The van der Waals surface area contributed by atoms with Crippen LogP contribution in [0.3, 0.4) is 0 Å². The van der Waals surface area contributed by atoms with Gasteiger partial charge in [0.2, 0.25) is 5.95 Å². The largest absolute Gasteiger partial charge is 0.462 e. The number of hydrogen-bond acceptors (Lipinski definition) is 6. The molecule has 0 aliphatic rings. The third kappa shape index (κ3) is 3.13. The van der Waals surface area contributed by atoms with Crippen LogP contribution in [0.25, 0.3) is 5.78 Å². The lowest BCUT2D eigenvalue weighted by molar-refractivity contribution is 0.0526. The molecule has 2 heterocycles. The summed E-state index contributed by atoms with van der Waals surface area (Å²) in [6.45, 7) is 6.01. The number of ether oxygens (including phenoxy) is 1. The molecule has 1 N–H and O–H groups in total. The number of benzene rings is 1. The average Bonchev–Trinajstić information content (AvgIpc) is 2.91. The molecule has 3 rings (SSSR count). The van der Waals surface area contributed by atoms with Crippen LogP contribution >= 0.6 is 0 Å². The summed E-state index contributed by atoms with van der Waals surface area (Å²) in [4.78, 5) is 20.3. The number of esters is 1. The first-order chi connectivity index (χ1) is 11.1. The predicted octanol–water partition coefficient (Wildman–Crippen LogP) is 2.66. The van der Waals surface area contributed by atoms with Crippen molar-refractivity contribution in [3.8, 4) is 0 Å². The Bertz CT molecular complexity index is 855. The fourth-order valence-electron chi connectivity index (χ4n) is 2.25. The maximum absolute atomic E-state index is 11.6. The molecule has 0 unspecified atom stereocenters. The van der Waals surface area contributed by atoms with E-state index in [0.717, 1.165) is 17.1 Å². The molecule has 0 aliphatic heterocycles. The summed E-state index contributed by atoms with van der Waals surface area (Å²) in [5.74, 6) is 0.670. The minimum Gasteiger partial charge on any atom is -0.462 e. The number of nitrogens with one attached hydrogen (secondary N) is 1. The number of rotatable bonds is 4. The van der Waals surface area contributed by atoms with E-state index in [9.17, 15) is 4.79 Å². The Labute approximate surface area is 133 Å². The normalized spacial score (nSPS) is 10.7. The summed E-state index contributed by atoms with van der Waals surface area (Å²) in [6.07, 6.45) is 0. The minimum atomic E-state index is -0.333. The van der Waals surface area contributed by atoms with Crippen molar-refractivity contribution in [3.05, 3.63) is 47.3 Å². The molecule has 0 saturated carbocycles. The Hall–Kier alpha value is -2.96. The smallest absolute Gasteiger partial charge is 0.338 e. The lowest BCUT2D eigenvalue weighted by atomic mass is 10.2. The van der Waals surface area contributed by atoms with E-state index in [1.165, 1.54) is 0 Å². The molecule has 0 atom stereocenters. The number of nitrogens with zero attached hydrogens (tertiary/aromatic N) is 4. The van der Waals surface area contributed by atoms with Gasteiger partial charge in [0.15, 0.2) is 0 Å². The molecule has 118 valence electrons. The SMILES string of the molecule is CCOC(=O)c1ccc(Nc2nc3nc(C)cc(C)n3n2)cc1. The zero-order valence-corrected chi connectivity index (χ0v) is 13.2. The molecule has 1 aromatic carbocycles. The maximum Gasteiger partial charge on any atom is 0.338 e. The van der Waals surface area contributed by atoms with Gasteiger partial charge in [0.1, 0.15) is 0 Å². The van der Waals surface area contributed by atoms with Crippen LogP contribution in [-0.2, 0) is 4.74 Å². The molecule has 0 saturated heterocycles. The molecule has 0 fully saturated rings. The topological polar surface area (TPSA) is 81.4 Å². The van der Waals surface area contributed by atoms with Gasteiger partial charge in [-0.1, -0.05) is 0 Å². The van der Waals surface area contributed by atoms with Crippen molar-refractivity contribution < 1.29 is 9.53 Å². The standard InChI is InChI=1S/C16H17N5O2/c1-4-23-14(22)12-5-7-13(8-6-12)18-15-19-16-17-10(2)9-11(3)21(16)20-15/h5-9H,4H2,1-3H3,(H,18,20). The number of fused-ring (bicyclic) bond motifs is 1. The third-order valence-corrected chi connectivity index (χ3v) is 3.27. The lowest BCUT2D eigenvalue weighted by Gasteiger charge is -2.04. The van der Waals surface area contributed by atoms with E-state index in [1.807, 2.05) is 19.9 Å². The fraction of sp³-hybridized carbons (Fsp3) is 0.250. The third-order valence-electron chi connectivity index (χ3n) is 3.27. The monoisotopic (exact) mass is 311 g/mol. The van der Waals surface area contributed by atoms with Crippen molar-refractivity contribution in [1.82, 2.24) is 19.6 Å². The molecule has 23 heavy (non-hydrogen) atoms. The maximum atomic E-state index is 11.6. The molecule has 0 radical (unpaired) electrons. The molecule has 3 aromatic rings. The van der Waals surface area contributed by atoms with Crippen LogP contribution in [0.4, 0.5) is 11.6 Å². The van der Waals surface area contributed by atoms with Gasteiger partial charge in [0, 0.05) is 17.1 Å². The van der Waals surface area contributed by atoms with E-state index in [1.54, 1.807) is 35.7 Å². The molecule has 0 amide bonds. The molecule has 0 aliphatic carbocycles. The Kier molecular flexibility index (Phi) is 3.92. The number of carbonyl (C=O) groups excluding carboxylic acids is 1. The summed E-state index contributed by atoms with van der Waals surface area (Å²) in [7, 11) is 0. The van der Waals surface area contributed by atoms with Crippen molar-refractivity contribution in [1.29, 1.82) is 0 Å². The van der Waals surface area contributed by atoms with Gasteiger partial charge in [-0.3, -0.25) is 0 Å². The molecule has 7 heteroatoms. The first kappa shape index (κ1) is 15.0. The van der Waals surface area contributed by atoms with Gasteiger partial charge in [-0.25, -0.2) is 9.78 Å². The summed E-state index contributed by atoms with van der Waals surface area (Å²) >= 11 is 0. The van der Waals surface area contributed by atoms with Crippen molar-refractivity contribution >= 4 is 23.4 Å². The molecular weight excluding hydrogens is 294 g/mol. The zero-order chi connectivity index (χ0) is 16.4. The quantitative estimate of drug-likeness (QED) is 0.746. The summed E-state index contributed by atoms with van der Waals surface area (Å²) in [6, 6.07) is 8.90. The fourth-order valence-corrected chi connectivity index (χ4v) is 2.25. The van der Waals surface area contributed by atoms with E-state index in [4.69, 9.17) is 4.74 Å². The van der Waals surface area contributed by atoms with Gasteiger partial charge in [0.25, 0.3) is 5.78 Å². The Morgan fingerprint density at radius 1 is 1.22 bits per heavy atom. The Morgan fingerprint density at radius 2 is 1.96 bits per heavy atom. The van der Waals surface area contributed by atoms with Crippen LogP contribution in [0.1, 0.15) is 28.7 Å². The van der Waals surface area contributed by atoms with Crippen LogP contribution in [0.2, 0.25) is 0 Å². The van der Waals surface area contributed by atoms with E-state index in [2.05, 4.69) is 20.4 Å². The van der Waals surface area contributed by atoms with Gasteiger partial charge < -0.3 is 10.1 Å². The van der Waals surface area contributed by atoms with E-state index >= 15 is 0 Å². The lowest BCUT2D eigenvalue weighted by Crippen LogP contribution is -2.04. The van der Waals surface area contributed by atoms with Gasteiger partial charge >= 0.3 is 5.97 Å². The van der Waals surface area contributed by atoms with E-state index in [-0.39, 0.29) is 5.97 Å². The molecular formula is C16H17N5O2. The van der Waals surface area contributed by atoms with Gasteiger partial charge in [0.05, 0.1) is 12.2 Å². The number of carbonyl (C=O) groups is 1. The Morgan fingerprint density at radius 3 is 2.65 bits per heavy atom. The Balaban J connectivity index is 1.82. The van der Waals surface area contributed by atoms with Crippen LogP contribution in [0.15, 0.2) is 30.3 Å². The second-order valence-electron chi connectivity index (χ2n) is 5.11. The minimum absolute atomic E-state index is 0.333. The van der Waals surface area contributed by atoms with Crippen LogP contribution in [0, 0.1) is 13.8 Å². The zero-order valence-electron chi connectivity index (χ0n) is 13.2. The summed E-state index contributed by atoms with van der Waals surface area (Å²) in [5.41, 5.74) is 3.15. The van der Waals surface area contributed by atoms with Crippen LogP contribution in [0.5, 0.6) is 0 Å². The van der Waals surface area contributed by atoms with E-state index in [0.29, 0.717) is 23.9 Å². The van der Waals surface area contributed by atoms with Crippen molar-refractivity contribution in [2.24, 2.45) is 0 Å². The van der Waals surface area contributed by atoms with Crippen molar-refractivity contribution in [3.63, 3.8) is 0 Å². The number of aromatic nitrogens is 4. The first-order valence-corrected chi connectivity index (χ1v) is 7.32. The highest BCUT2D eigenvalue weighted by atomic mass is 16.5. The average molecular weight is 311 g/mol. The molecule has 7 nitrogen and oxygen atoms in total. The van der Waals surface area contributed by atoms with Crippen LogP contribution in [-0.4, -0.2) is 32.2 Å². The first-order valence-electron chi connectivity index (χ1n) is 7.32. The van der Waals surface area contributed by atoms with Gasteiger partial charge in [-0.2, -0.15) is 9.50 Å². The molecule has 0 spiro atoms. The van der Waals surface area contributed by atoms with Gasteiger partial charge in [-0.15, -0.1) is 5.10 Å². The number of anilines is 2. The van der Waals surface area contributed by atoms with Crippen molar-refractivity contribution in [2.45, 2.75) is 20.8 Å².